The fourth-order valence-corrected chi connectivity index (χ4v) is 3.14. The summed E-state index contributed by atoms with van der Waals surface area (Å²) in [6.45, 7) is 2.94. The van der Waals surface area contributed by atoms with Crippen LogP contribution < -0.4 is 21.3 Å². The van der Waals surface area contributed by atoms with Gasteiger partial charge in [-0.05, 0) is 30.7 Å². The lowest BCUT2D eigenvalue weighted by Crippen LogP contribution is -2.50. The smallest absolute Gasteiger partial charge is 0.249 e. The van der Waals surface area contributed by atoms with Crippen LogP contribution in [-0.2, 0) is 14.4 Å². The van der Waals surface area contributed by atoms with Gasteiger partial charge in [-0.3, -0.25) is 19.7 Å². The predicted octanol–water partition coefficient (Wildman–Crippen LogP) is -0.489. The molecule has 2 heterocycles. The van der Waals surface area contributed by atoms with Crippen LogP contribution >= 0.6 is 0 Å². The van der Waals surface area contributed by atoms with Crippen molar-refractivity contribution in [2.75, 3.05) is 42.9 Å². The Morgan fingerprint density at radius 1 is 1.16 bits per heavy atom. The van der Waals surface area contributed by atoms with E-state index in [2.05, 4.69) is 15.5 Å². The van der Waals surface area contributed by atoms with Crippen molar-refractivity contribution in [3.05, 3.63) is 24.3 Å². The van der Waals surface area contributed by atoms with Crippen molar-refractivity contribution in [3.8, 4) is 0 Å². The zero-order valence-electron chi connectivity index (χ0n) is 14.0. The second-order valence-corrected chi connectivity index (χ2v) is 6.27. The first-order valence-electron chi connectivity index (χ1n) is 8.50. The number of nitrogens with zero attached hydrogens (tertiary/aromatic N) is 2. The molecular formula is C17H23N5O3. The summed E-state index contributed by atoms with van der Waals surface area (Å²) in [5.74, 6) is -0.505. The number of carbonyl (C=O) groups is 3. The van der Waals surface area contributed by atoms with Crippen LogP contribution in [0.15, 0.2) is 24.3 Å². The third-order valence-corrected chi connectivity index (χ3v) is 4.62. The van der Waals surface area contributed by atoms with E-state index in [0.717, 1.165) is 24.5 Å². The molecule has 1 aromatic rings. The molecule has 0 aliphatic carbocycles. The Bertz CT molecular complexity index is 653. The van der Waals surface area contributed by atoms with Crippen molar-refractivity contribution >= 4 is 29.1 Å². The topological polar surface area (TPSA) is 108 Å². The first-order valence-corrected chi connectivity index (χ1v) is 8.50. The molecule has 0 saturated carbocycles. The van der Waals surface area contributed by atoms with Crippen molar-refractivity contribution in [1.29, 1.82) is 0 Å². The average Bonchev–Trinajstić information content (AvgIpc) is 2.64. The van der Waals surface area contributed by atoms with E-state index in [9.17, 15) is 14.4 Å². The van der Waals surface area contributed by atoms with Crippen LogP contribution in [0.3, 0.4) is 0 Å². The number of hydrogen-bond donors (Lipinski definition) is 3. The molecule has 0 spiro atoms. The van der Waals surface area contributed by atoms with Gasteiger partial charge in [0.1, 0.15) is 6.04 Å². The number of carbonyl (C=O) groups excluding carboxylic acids is 3. The van der Waals surface area contributed by atoms with E-state index < -0.39 is 0 Å². The summed E-state index contributed by atoms with van der Waals surface area (Å²) >= 11 is 0. The molecule has 1 aromatic carbocycles. The standard InChI is InChI=1S/C17H23N5O3/c18-11-16(24)22-9-7-21(8-10-22)13-3-1-12(2-4-13)19-14-5-6-15(23)20-17(14)25/h1-4,14,19H,5-11,18H2,(H,20,23,25). The summed E-state index contributed by atoms with van der Waals surface area (Å²) in [6.07, 6.45) is 0.858. The van der Waals surface area contributed by atoms with E-state index in [-0.39, 0.29) is 30.3 Å². The van der Waals surface area contributed by atoms with Gasteiger partial charge in [0.15, 0.2) is 0 Å². The summed E-state index contributed by atoms with van der Waals surface area (Å²) < 4.78 is 0. The van der Waals surface area contributed by atoms with E-state index in [0.29, 0.717) is 25.9 Å². The van der Waals surface area contributed by atoms with E-state index in [1.807, 2.05) is 24.3 Å². The van der Waals surface area contributed by atoms with Crippen LogP contribution in [0.1, 0.15) is 12.8 Å². The molecule has 2 aliphatic heterocycles. The number of amides is 3. The van der Waals surface area contributed by atoms with E-state index in [4.69, 9.17) is 5.73 Å². The van der Waals surface area contributed by atoms with Crippen molar-refractivity contribution in [2.45, 2.75) is 18.9 Å². The molecule has 2 aliphatic rings. The van der Waals surface area contributed by atoms with Crippen molar-refractivity contribution in [3.63, 3.8) is 0 Å². The molecule has 0 bridgehead atoms. The van der Waals surface area contributed by atoms with Crippen LogP contribution in [0.2, 0.25) is 0 Å². The number of piperidine rings is 1. The largest absolute Gasteiger partial charge is 0.374 e. The molecule has 1 atom stereocenters. The van der Waals surface area contributed by atoms with Crippen LogP contribution in [0.5, 0.6) is 0 Å². The van der Waals surface area contributed by atoms with Gasteiger partial charge in [0.05, 0.1) is 6.54 Å². The number of anilines is 2. The van der Waals surface area contributed by atoms with Gasteiger partial charge in [-0.15, -0.1) is 0 Å². The molecule has 3 rings (SSSR count). The van der Waals surface area contributed by atoms with Gasteiger partial charge in [-0.1, -0.05) is 0 Å². The SMILES string of the molecule is NCC(=O)N1CCN(c2ccc(NC3CCC(=O)NC3=O)cc2)CC1. The van der Waals surface area contributed by atoms with Gasteiger partial charge in [-0.2, -0.15) is 0 Å². The Labute approximate surface area is 146 Å². The highest BCUT2D eigenvalue weighted by Crippen LogP contribution is 2.21. The Kier molecular flexibility index (Phi) is 5.18. The monoisotopic (exact) mass is 345 g/mol. The number of nitrogens with two attached hydrogens (primary N) is 1. The van der Waals surface area contributed by atoms with E-state index >= 15 is 0 Å². The van der Waals surface area contributed by atoms with Crippen LogP contribution in [0.25, 0.3) is 0 Å². The molecule has 0 aromatic heterocycles. The summed E-state index contributed by atoms with van der Waals surface area (Å²) in [4.78, 5) is 38.6. The molecule has 8 nitrogen and oxygen atoms in total. The highest BCUT2D eigenvalue weighted by atomic mass is 16.2. The minimum Gasteiger partial charge on any atom is -0.374 e. The van der Waals surface area contributed by atoms with Gasteiger partial charge in [-0.25, -0.2) is 0 Å². The van der Waals surface area contributed by atoms with Crippen molar-refractivity contribution in [2.24, 2.45) is 5.73 Å². The maximum Gasteiger partial charge on any atom is 0.249 e. The third kappa shape index (κ3) is 4.08. The molecule has 2 saturated heterocycles. The highest BCUT2D eigenvalue weighted by molar-refractivity contribution is 6.01. The zero-order chi connectivity index (χ0) is 17.8. The summed E-state index contributed by atoms with van der Waals surface area (Å²) in [7, 11) is 0. The molecular weight excluding hydrogens is 322 g/mol. The molecule has 1 unspecified atom stereocenters. The second-order valence-electron chi connectivity index (χ2n) is 6.27. The average molecular weight is 345 g/mol. The van der Waals surface area contributed by atoms with Crippen LogP contribution in [0.4, 0.5) is 11.4 Å². The van der Waals surface area contributed by atoms with Gasteiger partial charge in [0, 0.05) is 44.0 Å². The lowest BCUT2D eigenvalue weighted by Gasteiger charge is -2.36. The van der Waals surface area contributed by atoms with Crippen LogP contribution in [-0.4, -0.2) is 61.4 Å². The van der Waals surface area contributed by atoms with Crippen LogP contribution in [0, 0.1) is 0 Å². The molecule has 2 fully saturated rings. The van der Waals surface area contributed by atoms with Gasteiger partial charge >= 0.3 is 0 Å². The number of imide groups is 1. The van der Waals surface area contributed by atoms with Crippen molar-refractivity contribution < 1.29 is 14.4 Å². The summed E-state index contributed by atoms with van der Waals surface area (Å²) in [6, 6.07) is 7.46. The van der Waals surface area contributed by atoms with Gasteiger partial charge in [0.25, 0.3) is 0 Å². The van der Waals surface area contributed by atoms with E-state index in [1.54, 1.807) is 4.90 Å². The number of rotatable bonds is 4. The fourth-order valence-electron chi connectivity index (χ4n) is 3.14. The minimum atomic E-state index is -0.380. The first-order chi connectivity index (χ1) is 12.1. The lowest BCUT2D eigenvalue weighted by atomic mass is 10.1. The number of piperazine rings is 1. The maximum absolute atomic E-state index is 11.8. The number of hydrogen-bond acceptors (Lipinski definition) is 6. The summed E-state index contributed by atoms with van der Waals surface area (Å²) in [5.41, 5.74) is 7.32. The third-order valence-electron chi connectivity index (χ3n) is 4.62. The molecule has 3 amide bonds. The quantitative estimate of drug-likeness (QED) is 0.636. The second kappa shape index (κ2) is 7.52. The number of benzene rings is 1. The fraction of sp³-hybridized carbons (Fsp3) is 0.471. The normalized spacial score (nSPS) is 21.1. The Hall–Kier alpha value is -2.61. The lowest BCUT2D eigenvalue weighted by molar-refractivity contribution is -0.133. The number of nitrogens with one attached hydrogen (secondary N) is 2. The first kappa shape index (κ1) is 17.2. The van der Waals surface area contributed by atoms with E-state index in [1.165, 1.54) is 0 Å². The Balaban J connectivity index is 1.55. The van der Waals surface area contributed by atoms with Gasteiger partial charge < -0.3 is 20.9 Å². The Morgan fingerprint density at radius 3 is 2.44 bits per heavy atom. The zero-order valence-corrected chi connectivity index (χ0v) is 14.0. The highest BCUT2D eigenvalue weighted by Gasteiger charge is 2.26. The molecule has 134 valence electrons. The molecule has 8 heteroatoms. The minimum absolute atomic E-state index is 0.0107. The summed E-state index contributed by atoms with van der Waals surface area (Å²) in [5, 5.41) is 5.50. The molecule has 0 radical (unpaired) electrons. The maximum atomic E-state index is 11.8. The predicted molar refractivity (Wildman–Crippen MR) is 94.1 cm³/mol. The van der Waals surface area contributed by atoms with Gasteiger partial charge in [0.2, 0.25) is 17.7 Å². The Morgan fingerprint density at radius 2 is 1.84 bits per heavy atom. The van der Waals surface area contributed by atoms with Crippen molar-refractivity contribution in [1.82, 2.24) is 10.2 Å². The molecule has 4 N–H and O–H groups in total. The molecule has 25 heavy (non-hydrogen) atoms.